The predicted octanol–water partition coefficient (Wildman–Crippen LogP) is 3.81. The maximum atomic E-state index is 5.99. The van der Waals surface area contributed by atoms with Gasteiger partial charge in [-0.05, 0) is 30.5 Å². The normalized spacial score (nSPS) is 20.8. The lowest BCUT2D eigenvalue weighted by Crippen LogP contribution is -2.38. The average Bonchev–Trinajstić information content (AvgIpc) is 2.51. The monoisotopic (exact) mass is 293 g/mol. The molecule has 0 aromatic heterocycles. The van der Waals surface area contributed by atoms with Crippen LogP contribution in [0.5, 0.6) is 0 Å². The summed E-state index contributed by atoms with van der Waals surface area (Å²) in [5, 5.41) is 3.67. The molecule has 0 aliphatic carbocycles. The van der Waals surface area contributed by atoms with E-state index in [0.29, 0.717) is 12.1 Å². The number of ether oxygens (including phenoxy) is 1. The van der Waals surface area contributed by atoms with Crippen LogP contribution in [0.1, 0.15) is 43.9 Å². The molecule has 2 rings (SSSR count). The highest BCUT2D eigenvalue weighted by Crippen LogP contribution is 2.26. The van der Waals surface area contributed by atoms with Gasteiger partial charge in [-0.1, -0.05) is 44.5 Å². The number of hydrogen-bond acceptors (Lipinski definition) is 3. The molecule has 1 aliphatic heterocycles. The molecule has 2 atom stereocenters. The number of benzene rings is 1. The Morgan fingerprint density at radius 2 is 2.05 bits per heavy atom. The number of aryl methyl sites for hydroxylation is 1. The van der Waals surface area contributed by atoms with E-state index in [1.54, 1.807) is 0 Å². The topological polar surface area (TPSA) is 21.3 Å². The van der Waals surface area contributed by atoms with Crippen LogP contribution in [0.3, 0.4) is 0 Å². The minimum atomic E-state index is 0.303. The predicted molar refractivity (Wildman–Crippen MR) is 88.5 cm³/mol. The second-order valence-electron chi connectivity index (χ2n) is 5.41. The van der Waals surface area contributed by atoms with Crippen molar-refractivity contribution in [2.45, 2.75) is 45.3 Å². The van der Waals surface area contributed by atoms with Crippen LogP contribution in [0.2, 0.25) is 0 Å². The Morgan fingerprint density at radius 3 is 2.65 bits per heavy atom. The first-order chi connectivity index (χ1) is 9.85. The number of nitrogens with one attached hydrogen (secondary N) is 1. The van der Waals surface area contributed by atoms with Gasteiger partial charge in [0, 0.05) is 11.5 Å². The van der Waals surface area contributed by atoms with Gasteiger partial charge in [0.25, 0.3) is 0 Å². The van der Waals surface area contributed by atoms with Gasteiger partial charge in [-0.2, -0.15) is 11.8 Å². The average molecular weight is 293 g/mol. The quantitative estimate of drug-likeness (QED) is 0.826. The lowest BCUT2D eigenvalue weighted by atomic mass is 9.99. The molecule has 0 radical (unpaired) electrons. The fourth-order valence-corrected chi connectivity index (χ4v) is 3.54. The Labute approximate surface area is 127 Å². The maximum absolute atomic E-state index is 5.99. The summed E-state index contributed by atoms with van der Waals surface area (Å²) in [4.78, 5) is 0. The van der Waals surface area contributed by atoms with Crippen LogP contribution in [0.4, 0.5) is 0 Å². The number of thioether (sulfide) groups is 1. The van der Waals surface area contributed by atoms with Crippen LogP contribution in [0.25, 0.3) is 0 Å². The Morgan fingerprint density at radius 1 is 1.25 bits per heavy atom. The van der Waals surface area contributed by atoms with E-state index in [4.69, 9.17) is 4.74 Å². The van der Waals surface area contributed by atoms with Crippen molar-refractivity contribution < 1.29 is 4.74 Å². The Kier molecular flexibility index (Phi) is 6.91. The molecule has 1 N–H and O–H groups in total. The SMILES string of the molecule is CCCNC(c1ccc(CCC)cc1)C1CSCCO1. The summed E-state index contributed by atoms with van der Waals surface area (Å²) in [7, 11) is 0. The third-order valence-electron chi connectivity index (χ3n) is 3.71. The lowest BCUT2D eigenvalue weighted by Gasteiger charge is -2.31. The first-order valence-corrected chi connectivity index (χ1v) is 9.02. The smallest absolute Gasteiger partial charge is 0.0860 e. The molecule has 0 saturated carbocycles. The van der Waals surface area contributed by atoms with Crippen molar-refractivity contribution in [2.75, 3.05) is 24.7 Å². The first kappa shape index (κ1) is 15.9. The molecule has 1 heterocycles. The molecule has 0 bridgehead atoms. The zero-order valence-electron chi connectivity index (χ0n) is 12.7. The van der Waals surface area contributed by atoms with E-state index in [1.165, 1.54) is 24.0 Å². The summed E-state index contributed by atoms with van der Waals surface area (Å²) in [6, 6.07) is 9.44. The minimum Gasteiger partial charge on any atom is -0.375 e. The number of hydrogen-bond donors (Lipinski definition) is 1. The molecule has 0 amide bonds. The largest absolute Gasteiger partial charge is 0.375 e. The Balaban J connectivity index is 2.07. The minimum absolute atomic E-state index is 0.303. The molecule has 112 valence electrons. The first-order valence-electron chi connectivity index (χ1n) is 7.86. The van der Waals surface area contributed by atoms with Crippen LogP contribution < -0.4 is 5.32 Å². The third-order valence-corrected chi connectivity index (χ3v) is 4.72. The summed E-state index contributed by atoms with van der Waals surface area (Å²) < 4.78 is 5.99. The summed E-state index contributed by atoms with van der Waals surface area (Å²) in [6.07, 6.45) is 3.84. The lowest BCUT2D eigenvalue weighted by molar-refractivity contribution is 0.0468. The van der Waals surface area contributed by atoms with Crippen LogP contribution in [0, 0.1) is 0 Å². The summed E-state index contributed by atoms with van der Waals surface area (Å²) in [5.41, 5.74) is 2.80. The molecular weight excluding hydrogens is 266 g/mol. The van der Waals surface area contributed by atoms with Crippen LogP contribution >= 0.6 is 11.8 Å². The van der Waals surface area contributed by atoms with Gasteiger partial charge in [0.15, 0.2) is 0 Å². The molecule has 1 saturated heterocycles. The van der Waals surface area contributed by atoms with E-state index < -0.39 is 0 Å². The van der Waals surface area contributed by atoms with Crippen molar-refractivity contribution in [1.82, 2.24) is 5.32 Å². The highest BCUT2D eigenvalue weighted by molar-refractivity contribution is 7.99. The van der Waals surface area contributed by atoms with Gasteiger partial charge in [-0.3, -0.25) is 0 Å². The van der Waals surface area contributed by atoms with Gasteiger partial charge in [-0.15, -0.1) is 0 Å². The van der Waals surface area contributed by atoms with Gasteiger partial charge in [-0.25, -0.2) is 0 Å². The van der Waals surface area contributed by atoms with Crippen molar-refractivity contribution in [3.05, 3.63) is 35.4 Å². The van der Waals surface area contributed by atoms with Crippen molar-refractivity contribution in [2.24, 2.45) is 0 Å². The molecule has 3 heteroatoms. The zero-order chi connectivity index (χ0) is 14.2. The highest BCUT2D eigenvalue weighted by Gasteiger charge is 2.25. The van der Waals surface area contributed by atoms with Crippen molar-refractivity contribution in [1.29, 1.82) is 0 Å². The second kappa shape index (κ2) is 8.71. The van der Waals surface area contributed by atoms with E-state index in [9.17, 15) is 0 Å². The zero-order valence-corrected chi connectivity index (χ0v) is 13.5. The summed E-state index contributed by atoms with van der Waals surface area (Å²) in [5.74, 6) is 2.23. The molecule has 1 aliphatic rings. The Bertz CT molecular complexity index is 373. The molecule has 1 fully saturated rings. The van der Waals surface area contributed by atoms with Gasteiger partial charge >= 0.3 is 0 Å². The molecule has 0 spiro atoms. The van der Waals surface area contributed by atoms with Gasteiger partial charge < -0.3 is 10.1 Å². The molecule has 20 heavy (non-hydrogen) atoms. The maximum Gasteiger partial charge on any atom is 0.0860 e. The fraction of sp³-hybridized carbons (Fsp3) is 0.647. The summed E-state index contributed by atoms with van der Waals surface area (Å²) >= 11 is 2.01. The van der Waals surface area contributed by atoms with Crippen molar-refractivity contribution in [3.8, 4) is 0 Å². The molecule has 1 aromatic rings. The van der Waals surface area contributed by atoms with Crippen LogP contribution in [-0.4, -0.2) is 30.8 Å². The van der Waals surface area contributed by atoms with E-state index in [0.717, 1.165) is 31.1 Å². The van der Waals surface area contributed by atoms with E-state index in [1.807, 2.05) is 11.8 Å². The molecule has 1 aromatic carbocycles. The van der Waals surface area contributed by atoms with E-state index in [2.05, 4.69) is 43.4 Å². The Hall–Kier alpha value is -0.510. The third kappa shape index (κ3) is 4.51. The fourth-order valence-electron chi connectivity index (χ4n) is 2.64. The van der Waals surface area contributed by atoms with Crippen LogP contribution in [-0.2, 0) is 11.2 Å². The summed E-state index contributed by atoms with van der Waals surface area (Å²) in [6.45, 7) is 6.37. The van der Waals surface area contributed by atoms with Crippen molar-refractivity contribution >= 4 is 11.8 Å². The van der Waals surface area contributed by atoms with Crippen LogP contribution in [0.15, 0.2) is 24.3 Å². The van der Waals surface area contributed by atoms with Crippen molar-refractivity contribution in [3.63, 3.8) is 0 Å². The molecule has 2 unspecified atom stereocenters. The standard InChI is InChI=1S/C17H27NOS/c1-3-5-14-6-8-15(9-7-14)17(18-10-4-2)16-13-20-12-11-19-16/h6-9,16-18H,3-5,10-13H2,1-2H3. The highest BCUT2D eigenvalue weighted by atomic mass is 32.2. The molecular formula is C17H27NOS. The molecule has 2 nitrogen and oxygen atoms in total. The van der Waals surface area contributed by atoms with E-state index >= 15 is 0 Å². The number of rotatable bonds is 7. The van der Waals surface area contributed by atoms with Gasteiger partial charge in [0.2, 0.25) is 0 Å². The van der Waals surface area contributed by atoms with Gasteiger partial charge in [0.1, 0.15) is 0 Å². The van der Waals surface area contributed by atoms with Gasteiger partial charge in [0.05, 0.1) is 18.8 Å². The second-order valence-corrected chi connectivity index (χ2v) is 6.56. The van der Waals surface area contributed by atoms with E-state index in [-0.39, 0.29) is 0 Å².